The molecule has 0 aliphatic rings. The molecule has 0 amide bonds. The van der Waals surface area contributed by atoms with Crippen LogP contribution < -0.4 is 5.73 Å². The molecule has 0 radical (unpaired) electrons. The van der Waals surface area contributed by atoms with Crippen LogP contribution in [0.1, 0.15) is 5.56 Å². The maximum atomic E-state index is 5.95. The standard InChI is InChI=1S/C14H13N5/c1-10-7-12(14(15)16-8-10)13-9-17-18-19(13)11-5-3-2-4-6-11/h2-9H,1H3,(H2,15,16). The lowest BCUT2D eigenvalue weighted by Crippen LogP contribution is -2.02. The summed E-state index contributed by atoms with van der Waals surface area (Å²) in [6.07, 6.45) is 3.44. The summed E-state index contributed by atoms with van der Waals surface area (Å²) in [5, 5.41) is 8.09. The van der Waals surface area contributed by atoms with Gasteiger partial charge < -0.3 is 5.73 Å². The van der Waals surface area contributed by atoms with Gasteiger partial charge in [-0.05, 0) is 30.7 Å². The first kappa shape index (κ1) is 11.4. The van der Waals surface area contributed by atoms with E-state index in [-0.39, 0.29) is 0 Å². The van der Waals surface area contributed by atoms with Crippen molar-refractivity contribution in [3.05, 3.63) is 54.4 Å². The predicted octanol–water partition coefficient (Wildman–Crippen LogP) is 2.22. The Morgan fingerprint density at radius 2 is 1.89 bits per heavy atom. The minimum absolute atomic E-state index is 0.477. The molecule has 0 aliphatic carbocycles. The van der Waals surface area contributed by atoms with Gasteiger partial charge in [-0.25, -0.2) is 9.67 Å². The lowest BCUT2D eigenvalue weighted by Gasteiger charge is -2.08. The highest BCUT2D eigenvalue weighted by atomic mass is 15.4. The van der Waals surface area contributed by atoms with Gasteiger partial charge in [0, 0.05) is 11.8 Å². The molecule has 5 nitrogen and oxygen atoms in total. The number of hydrogen-bond acceptors (Lipinski definition) is 4. The summed E-state index contributed by atoms with van der Waals surface area (Å²) in [5.74, 6) is 0.477. The summed E-state index contributed by atoms with van der Waals surface area (Å²) in [5.41, 5.74) is 9.61. The molecule has 0 bridgehead atoms. The van der Waals surface area contributed by atoms with Crippen molar-refractivity contribution in [1.29, 1.82) is 0 Å². The quantitative estimate of drug-likeness (QED) is 0.758. The van der Waals surface area contributed by atoms with E-state index in [1.807, 2.05) is 43.3 Å². The molecule has 0 atom stereocenters. The van der Waals surface area contributed by atoms with Crippen molar-refractivity contribution in [3.8, 4) is 16.9 Å². The number of aromatic nitrogens is 4. The highest BCUT2D eigenvalue weighted by molar-refractivity contribution is 5.72. The predicted molar refractivity (Wildman–Crippen MR) is 73.7 cm³/mol. The van der Waals surface area contributed by atoms with Crippen LogP contribution in [0, 0.1) is 6.92 Å². The Kier molecular flexibility index (Phi) is 2.72. The number of hydrogen-bond donors (Lipinski definition) is 1. The Morgan fingerprint density at radius 1 is 1.11 bits per heavy atom. The van der Waals surface area contributed by atoms with Crippen LogP contribution in [0.25, 0.3) is 16.9 Å². The second-order valence-electron chi connectivity index (χ2n) is 4.31. The number of benzene rings is 1. The number of anilines is 1. The van der Waals surface area contributed by atoms with E-state index in [0.29, 0.717) is 5.82 Å². The number of pyridine rings is 1. The van der Waals surface area contributed by atoms with E-state index >= 15 is 0 Å². The minimum Gasteiger partial charge on any atom is -0.383 e. The van der Waals surface area contributed by atoms with E-state index in [2.05, 4.69) is 15.3 Å². The van der Waals surface area contributed by atoms with Crippen LogP contribution in [0.15, 0.2) is 48.8 Å². The molecule has 94 valence electrons. The second kappa shape index (κ2) is 4.53. The molecule has 0 saturated heterocycles. The Bertz CT molecular complexity index is 703. The van der Waals surface area contributed by atoms with Crippen molar-refractivity contribution >= 4 is 5.82 Å². The van der Waals surface area contributed by atoms with Gasteiger partial charge in [0.15, 0.2) is 0 Å². The van der Waals surface area contributed by atoms with Crippen LogP contribution in [0.5, 0.6) is 0 Å². The van der Waals surface area contributed by atoms with Crippen LogP contribution in [0.4, 0.5) is 5.82 Å². The Morgan fingerprint density at radius 3 is 2.68 bits per heavy atom. The monoisotopic (exact) mass is 251 g/mol. The molecule has 2 aromatic heterocycles. The average Bonchev–Trinajstić information content (AvgIpc) is 2.91. The molecule has 2 heterocycles. The fourth-order valence-corrected chi connectivity index (χ4v) is 1.96. The zero-order chi connectivity index (χ0) is 13.2. The third-order valence-electron chi connectivity index (χ3n) is 2.88. The van der Waals surface area contributed by atoms with E-state index in [4.69, 9.17) is 5.73 Å². The SMILES string of the molecule is Cc1cnc(N)c(-c2cnnn2-c2ccccc2)c1. The Labute approximate surface area is 110 Å². The summed E-state index contributed by atoms with van der Waals surface area (Å²) in [4.78, 5) is 4.18. The molecule has 2 N–H and O–H groups in total. The fourth-order valence-electron chi connectivity index (χ4n) is 1.96. The molecular weight excluding hydrogens is 238 g/mol. The minimum atomic E-state index is 0.477. The number of nitrogens with zero attached hydrogens (tertiary/aromatic N) is 4. The van der Waals surface area contributed by atoms with Crippen LogP contribution in [-0.4, -0.2) is 20.0 Å². The molecular formula is C14H13N5. The zero-order valence-electron chi connectivity index (χ0n) is 10.5. The van der Waals surface area contributed by atoms with Gasteiger partial charge in [-0.15, -0.1) is 5.10 Å². The number of nitrogen functional groups attached to an aromatic ring is 1. The first-order chi connectivity index (χ1) is 9.25. The topological polar surface area (TPSA) is 69.6 Å². The maximum Gasteiger partial charge on any atom is 0.132 e. The first-order valence-corrected chi connectivity index (χ1v) is 5.94. The van der Waals surface area contributed by atoms with Crippen LogP contribution in [-0.2, 0) is 0 Å². The maximum absolute atomic E-state index is 5.95. The van der Waals surface area contributed by atoms with E-state index in [1.54, 1.807) is 17.1 Å². The highest BCUT2D eigenvalue weighted by Crippen LogP contribution is 2.26. The molecule has 0 unspecified atom stereocenters. The van der Waals surface area contributed by atoms with Crippen molar-refractivity contribution in [3.63, 3.8) is 0 Å². The van der Waals surface area contributed by atoms with E-state index < -0.39 is 0 Å². The molecule has 0 spiro atoms. The van der Waals surface area contributed by atoms with Gasteiger partial charge in [0.2, 0.25) is 0 Å². The third kappa shape index (κ3) is 2.06. The van der Waals surface area contributed by atoms with Gasteiger partial charge in [0.25, 0.3) is 0 Å². The number of nitrogens with two attached hydrogens (primary N) is 1. The molecule has 19 heavy (non-hydrogen) atoms. The van der Waals surface area contributed by atoms with Crippen molar-refractivity contribution in [2.75, 3.05) is 5.73 Å². The van der Waals surface area contributed by atoms with Crippen molar-refractivity contribution in [2.24, 2.45) is 0 Å². The molecule has 3 rings (SSSR count). The summed E-state index contributed by atoms with van der Waals surface area (Å²) < 4.78 is 1.76. The fraction of sp³-hybridized carbons (Fsp3) is 0.0714. The summed E-state index contributed by atoms with van der Waals surface area (Å²) in [6.45, 7) is 1.98. The zero-order valence-corrected chi connectivity index (χ0v) is 10.5. The lowest BCUT2D eigenvalue weighted by atomic mass is 10.1. The summed E-state index contributed by atoms with van der Waals surface area (Å²) in [6, 6.07) is 11.8. The van der Waals surface area contributed by atoms with Crippen molar-refractivity contribution in [2.45, 2.75) is 6.92 Å². The van der Waals surface area contributed by atoms with E-state index in [9.17, 15) is 0 Å². The van der Waals surface area contributed by atoms with Crippen molar-refractivity contribution < 1.29 is 0 Å². The average molecular weight is 251 g/mol. The van der Waals surface area contributed by atoms with Gasteiger partial charge in [-0.1, -0.05) is 23.4 Å². The van der Waals surface area contributed by atoms with Crippen molar-refractivity contribution in [1.82, 2.24) is 20.0 Å². The first-order valence-electron chi connectivity index (χ1n) is 5.94. The lowest BCUT2D eigenvalue weighted by molar-refractivity contribution is 0.808. The second-order valence-corrected chi connectivity index (χ2v) is 4.31. The number of aryl methyl sites for hydroxylation is 1. The number of para-hydroxylation sites is 1. The van der Waals surface area contributed by atoms with Gasteiger partial charge in [-0.3, -0.25) is 0 Å². The van der Waals surface area contributed by atoms with Gasteiger partial charge in [0.05, 0.1) is 17.6 Å². The summed E-state index contributed by atoms with van der Waals surface area (Å²) in [7, 11) is 0. The molecule has 0 fully saturated rings. The van der Waals surface area contributed by atoms with E-state index in [0.717, 1.165) is 22.5 Å². The van der Waals surface area contributed by atoms with E-state index in [1.165, 1.54) is 0 Å². The highest BCUT2D eigenvalue weighted by Gasteiger charge is 2.12. The number of rotatable bonds is 2. The molecule has 1 aromatic carbocycles. The van der Waals surface area contributed by atoms with Crippen LogP contribution >= 0.6 is 0 Å². The van der Waals surface area contributed by atoms with Crippen LogP contribution in [0.2, 0.25) is 0 Å². The van der Waals surface area contributed by atoms with Gasteiger partial charge in [-0.2, -0.15) is 0 Å². The van der Waals surface area contributed by atoms with Gasteiger partial charge >= 0.3 is 0 Å². The largest absolute Gasteiger partial charge is 0.383 e. The smallest absolute Gasteiger partial charge is 0.132 e. The van der Waals surface area contributed by atoms with Gasteiger partial charge in [0.1, 0.15) is 5.82 Å². The third-order valence-corrected chi connectivity index (χ3v) is 2.88. The Hall–Kier alpha value is -2.69. The molecule has 3 aromatic rings. The normalized spacial score (nSPS) is 10.6. The van der Waals surface area contributed by atoms with Crippen LogP contribution in [0.3, 0.4) is 0 Å². The summed E-state index contributed by atoms with van der Waals surface area (Å²) >= 11 is 0. The Balaban J connectivity index is 2.18. The molecule has 0 saturated carbocycles. The molecule has 5 heteroatoms. The molecule has 0 aliphatic heterocycles.